The zero-order chi connectivity index (χ0) is 16.0. The second kappa shape index (κ2) is 7.64. The maximum atomic E-state index is 12.4. The number of anilines is 1. The van der Waals surface area contributed by atoms with E-state index in [1.807, 2.05) is 19.9 Å². The lowest BCUT2D eigenvalue weighted by atomic mass is 10.1. The molecule has 0 unspecified atom stereocenters. The minimum Gasteiger partial charge on any atom is -0.450 e. The lowest BCUT2D eigenvalue weighted by Crippen LogP contribution is -2.30. The number of carbonyl (C=O) groups excluding carboxylic acids is 2. The Kier molecular flexibility index (Phi) is 6.18. The van der Waals surface area contributed by atoms with Crippen LogP contribution in [0.3, 0.4) is 0 Å². The van der Waals surface area contributed by atoms with Gasteiger partial charge in [-0.05, 0) is 33.3 Å². The van der Waals surface area contributed by atoms with Gasteiger partial charge in [0, 0.05) is 13.1 Å². The Labute approximate surface area is 128 Å². The van der Waals surface area contributed by atoms with E-state index in [2.05, 4.69) is 5.32 Å². The molecule has 6 nitrogen and oxygen atoms in total. The molecule has 0 aliphatic carbocycles. The SMILES string of the molecule is CCOC(=O)Nc1sc(C(=O)N(CC)CC)c(C)c1C#N. The van der Waals surface area contributed by atoms with Crippen LogP contribution in [0.1, 0.15) is 41.6 Å². The first-order valence-corrected chi connectivity index (χ1v) is 7.58. The van der Waals surface area contributed by atoms with Crippen molar-refractivity contribution in [3.05, 3.63) is 16.0 Å². The minimum atomic E-state index is -0.628. The molecule has 0 saturated heterocycles. The van der Waals surface area contributed by atoms with Crippen LogP contribution in [0, 0.1) is 18.3 Å². The highest BCUT2D eigenvalue weighted by molar-refractivity contribution is 7.18. The number of thiophene rings is 1. The van der Waals surface area contributed by atoms with Crippen molar-refractivity contribution < 1.29 is 14.3 Å². The Hall–Kier alpha value is -2.07. The lowest BCUT2D eigenvalue weighted by Gasteiger charge is -2.17. The van der Waals surface area contributed by atoms with E-state index < -0.39 is 6.09 Å². The molecule has 1 rings (SSSR count). The third kappa shape index (κ3) is 3.73. The molecule has 21 heavy (non-hydrogen) atoms. The topological polar surface area (TPSA) is 82.4 Å². The highest BCUT2D eigenvalue weighted by Gasteiger charge is 2.24. The summed E-state index contributed by atoms with van der Waals surface area (Å²) in [4.78, 5) is 26.0. The van der Waals surface area contributed by atoms with Crippen LogP contribution in [0.25, 0.3) is 0 Å². The van der Waals surface area contributed by atoms with Crippen LogP contribution in [0.15, 0.2) is 0 Å². The molecule has 0 bridgehead atoms. The molecule has 1 aromatic heterocycles. The molecule has 114 valence electrons. The average molecular weight is 309 g/mol. The first kappa shape index (κ1) is 17.0. The number of nitriles is 1. The van der Waals surface area contributed by atoms with Crippen molar-refractivity contribution in [2.24, 2.45) is 0 Å². The average Bonchev–Trinajstić information content (AvgIpc) is 2.76. The summed E-state index contributed by atoms with van der Waals surface area (Å²) in [6, 6.07) is 2.03. The van der Waals surface area contributed by atoms with Crippen molar-refractivity contribution in [3.8, 4) is 6.07 Å². The highest BCUT2D eigenvalue weighted by Crippen LogP contribution is 2.33. The van der Waals surface area contributed by atoms with E-state index in [-0.39, 0.29) is 12.5 Å². The van der Waals surface area contributed by atoms with Crippen molar-refractivity contribution in [3.63, 3.8) is 0 Å². The Morgan fingerprint density at radius 2 is 1.95 bits per heavy atom. The number of nitrogens with one attached hydrogen (secondary N) is 1. The molecule has 0 spiro atoms. The predicted molar refractivity (Wildman–Crippen MR) is 81.7 cm³/mol. The van der Waals surface area contributed by atoms with Crippen LogP contribution in [0.2, 0.25) is 0 Å². The van der Waals surface area contributed by atoms with E-state index in [0.29, 0.717) is 34.1 Å². The van der Waals surface area contributed by atoms with Gasteiger partial charge in [-0.1, -0.05) is 0 Å². The number of hydrogen-bond donors (Lipinski definition) is 1. The van der Waals surface area contributed by atoms with Crippen LogP contribution in [0.4, 0.5) is 9.80 Å². The molecular weight excluding hydrogens is 290 g/mol. The standard InChI is InChI=1S/C14H19N3O3S/c1-5-17(6-2)13(18)11-9(4)10(8-15)12(21-11)16-14(19)20-7-3/h5-7H2,1-4H3,(H,16,19). The molecule has 0 fully saturated rings. The maximum absolute atomic E-state index is 12.4. The van der Waals surface area contributed by atoms with E-state index in [4.69, 9.17) is 4.74 Å². The zero-order valence-electron chi connectivity index (χ0n) is 12.6. The third-order valence-corrected chi connectivity index (χ3v) is 4.19. The van der Waals surface area contributed by atoms with Crippen molar-refractivity contribution >= 4 is 28.3 Å². The van der Waals surface area contributed by atoms with Gasteiger partial charge in [0.25, 0.3) is 5.91 Å². The number of amides is 2. The molecule has 2 amide bonds. The lowest BCUT2D eigenvalue weighted by molar-refractivity contribution is 0.0777. The van der Waals surface area contributed by atoms with Crippen LogP contribution >= 0.6 is 11.3 Å². The van der Waals surface area contributed by atoms with Gasteiger partial charge in [-0.3, -0.25) is 10.1 Å². The van der Waals surface area contributed by atoms with Gasteiger partial charge >= 0.3 is 6.09 Å². The number of hydrogen-bond acceptors (Lipinski definition) is 5. The molecule has 0 aliphatic heterocycles. The highest BCUT2D eigenvalue weighted by atomic mass is 32.1. The van der Waals surface area contributed by atoms with E-state index in [9.17, 15) is 14.9 Å². The van der Waals surface area contributed by atoms with Crippen LogP contribution in [-0.4, -0.2) is 36.6 Å². The van der Waals surface area contributed by atoms with Crippen LogP contribution < -0.4 is 5.32 Å². The summed E-state index contributed by atoms with van der Waals surface area (Å²) in [5.41, 5.74) is 0.898. The van der Waals surface area contributed by atoms with Crippen molar-refractivity contribution in [2.45, 2.75) is 27.7 Å². The van der Waals surface area contributed by atoms with E-state index in [0.717, 1.165) is 11.3 Å². The molecule has 1 heterocycles. The summed E-state index contributed by atoms with van der Waals surface area (Å²) in [6.45, 7) is 8.62. The number of nitrogens with zero attached hydrogens (tertiary/aromatic N) is 2. The first-order chi connectivity index (χ1) is 9.99. The predicted octanol–water partition coefficient (Wildman–Crippen LogP) is 2.98. The Balaban J connectivity index is 3.14. The smallest absolute Gasteiger partial charge is 0.412 e. The molecule has 0 aromatic carbocycles. The van der Waals surface area contributed by atoms with Gasteiger partial charge in [0.15, 0.2) is 0 Å². The number of ether oxygens (including phenoxy) is 1. The molecule has 0 radical (unpaired) electrons. The fourth-order valence-electron chi connectivity index (χ4n) is 1.85. The van der Waals surface area contributed by atoms with Gasteiger partial charge in [0.05, 0.1) is 17.0 Å². The van der Waals surface area contributed by atoms with Gasteiger partial charge in [0.1, 0.15) is 11.1 Å². The van der Waals surface area contributed by atoms with Gasteiger partial charge < -0.3 is 9.64 Å². The van der Waals surface area contributed by atoms with E-state index in [1.165, 1.54) is 0 Å². The summed E-state index contributed by atoms with van der Waals surface area (Å²) in [5, 5.41) is 12.1. The van der Waals surface area contributed by atoms with E-state index in [1.54, 1.807) is 18.7 Å². The van der Waals surface area contributed by atoms with Crippen LogP contribution in [-0.2, 0) is 4.74 Å². The number of carbonyl (C=O) groups is 2. The number of rotatable bonds is 5. The van der Waals surface area contributed by atoms with Gasteiger partial charge in [-0.25, -0.2) is 4.79 Å². The fourth-order valence-corrected chi connectivity index (χ4v) is 2.97. The monoisotopic (exact) mass is 309 g/mol. The van der Waals surface area contributed by atoms with Gasteiger partial charge in [0.2, 0.25) is 0 Å². The van der Waals surface area contributed by atoms with Gasteiger partial charge in [-0.15, -0.1) is 11.3 Å². The van der Waals surface area contributed by atoms with E-state index >= 15 is 0 Å². The quantitative estimate of drug-likeness (QED) is 0.906. The molecular formula is C14H19N3O3S. The molecule has 0 atom stereocenters. The normalized spacial score (nSPS) is 9.86. The largest absolute Gasteiger partial charge is 0.450 e. The molecule has 7 heteroatoms. The second-order valence-corrected chi connectivity index (χ2v) is 5.22. The second-order valence-electron chi connectivity index (χ2n) is 4.20. The zero-order valence-corrected chi connectivity index (χ0v) is 13.5. The minimum absolute atomic E-state index is 0.129. The molecule has 0 saturated carbocycles. The summed E-state index contributed by atoms with van der Waals surface area (Å²) >= 11 is 1.11. The Bertz CT molecular complexity index is 571. The maximum Gasteiger partial charge on any atom is 0.412 e. The van der Waals surface area contributed by atoms with Crippen molar-refractivity contribution in [1.82, 2.24) is 4.90 Å². The molecule has 1 aromatic rings. The summed E-state index contributed by atoms with van der Waals surface area (Å²) in [7, 11) is 0. The molecule has 0 aliphatic rings. The first-order valence-electron chi connectivity index (χ1n) is 6.76. The summed E-state index contributed by atoms with van der Waals surface area (Å²) < 4.78 is 4.80. The van der Waals surface area contributed by atoms with Crippen molar-refractivity contribution in [2.75, 3.05) is 25.0 Å². The van der Waals surface area contributed by atoms with Gasteiger partial charge in [-0.2, -0.15) is 5.26 Å². The third-order valence-electron chi connectivity index (χ3n) is 2.99. The fraction of sp³-hybridized carbons (Fsp3) is 0.500. The van der Waals surface area contributed by atoms with Crippen LogP contribution in [0.5, 0.6) is 0 Å². The summed E-state index contributed by atoms with van der Waals surface area (Å²) in [6.07, 6.45) is -0.628. The van der Waals surface area contributed by atoms with Crippen molar-refractivity contribution in [1.29, 1.82) is 5.26 Å². The summed E-state index contributed by atoms with van der Waals surface area (Å²) in [5.74, 6) is -0.129. The molecule has 1 N–H and O–H groups in total. The Morgan fingerprint density at radius 3 is 2.43 bits per heavy atom. The Morgan fingerprint density at radius 1 is 1.33 bits per heavy atom.